The highest BCUT2D eigenvalue weighted by molar-refractivity contribution is 4.88. The van der Waals surface area contributed by atoms with Gasteiger partial charge in [0.1, 0.15) is 0 Å². The largest absolute Gasteiger partial charge is 0.374 e. The quantitative estimate of drug-likeness (QED) is 0.820. The molecule has 3 aliphatic rings. The minimum Gasteiger partial charge on any atom is -0.374 e. The molecule has 3 saturated heterocycles. The average Bonchev–Trinajstić information content (AvgIpc) is 3.04. The molecule has 19 heavy (non-hydrogen) atoms. The molecule has 0 amide bonds. The van der Waals surface area contributed by atoms with E-state index in [9.17, 15) is 0 Å². The highest BCUT2D eigenvalue weighted by atomic mass is 16.5. The zero-order valence-corrected chi connectivity index (χ0v) is 12.5. The molecule has 0 saturated carbocycles. The molecule has 0 spiro atoms. The molecule has 3 unspecified atom stereocenters. The van der Waals surface area contributed by atoms with Crippen LogP contribution in [0.2, 0.25) is 0 Å². The van der Waals surface area contributed by atoms with Crippen LogP contribution < -0.4 is 5.32 Å². The summed E-state index contributed by atoms with van der Waals surface area (Å²) in [6.45, 7) is 11.4. The SMILES string of the molecule is CC(C)N1CCC(NCC2CN3CCCC3CO2)C1. The van der Waals surface area contributed by atoms with E-state index in [4.69, 9.17) is 4.74 Å². The van der Waals surface area contributed by atoms with Crippen molar-refractivity contribution in [2.45, 2.75) is 57.3 Å². The lowest BCUT2D eigenvalue weighted by atomic mass is 10.2. The molecule has 4 heteroatoms. The van der Waals surface area contributed by atoms with Crippen LogP contribution in [-0.2, 0) is 4.74 Å². The summed E-state index contributed by atoms with van der Waals surface area (Å²) in [5.74, 6) is 0. The molecular weight excluding hydrogens is 238 g/mol. The lowest BCUT2D eigenvalue weighted by molar-refractivity contribution is -0.0477. The summed E-state index contributed by atoms with van der Waals surface area (Å²) in [6.07, 6.45) is 4.39. The maximum atomic E-state index is 6.01. The minimum atomic E-state index is 0.405. The fraction of sp³-hybridized carbons (Fsp3) is 1.00. The number of rotatable bonds is 4. The van der Waals surface area contributed by atoms with Crippen molar-refractivity contribution in [2.75, 3.05) is 39.3 Å². The van der Waals surface area contributed by atoms with Gasteiger partial charge in [-0.15, -0.1) is 0 Å². The zero-order valence-electron chi connectivity index (χ0n) is 12.5. The van der Waals surface area contributed by atoms with Crippen LogP contribution in [0.25, 0.3) is 0 Å². The van der Waals surface area contributed by atoms with Crippen molar-refractivity contribution >= 4 is 0 Å². The first-order chi connectivity index (χ1) is 9.22. The summed E-state index contributed by atoms with van der Waals surface area (Å²) < 4.78 is 6.01. The smallest absolute Gasteiger partial charge is 0.0827 e. The third kappa shape index (κ3) is 3.30. The zero-order chi connectivity index (χ0) is 13.2. The first-order valence-corrected chi connectivity index (χ1v) is 8.05. The first kappa shape index (κ1) is 13.8. The molecule has 1 N–H and O–H groups in total. The molecule has 110 valence electrons. The van der Waals surface area contributed by atoms with Gasteiger partial charge in [0.2, 0.25) is 0 Å². The number of ether oxygens (including phenoxy) is 1. The standard InChI is InChI=1S/C15H29N3O/c1-12(2)17-7-5-13(9-17)16-8-15-10-18-6-3-4-14(18)11-19-15/h12-16H,3-11H2,1-2H3. The van der Waals surface area contributed by atoms with Gasteiger partial charge >= 0.3 is 0 Å². The van der Waals surface area contributed by atoms with E-state index in [2.05, 4.69) is 29.0 Å². The van der Waals surface area contributed by atoms with Gasteiger partial charge in [-0.1, -0.05) is 0 Å². The van der Waals surface area contributed by atoms with Gasteiger partial charge in [0, 0.05) is 37.8 Å². The Morgan fingerprint density at radius 3 is 2.89 bits per heavy atom. The number of hydrogen-bond donors (Lipinski definition) is 1. The van der Waals surface area contributed by atoms with Crippen molar-refractivity contribution < 1.29 is 4.74 Å². The molecule has 0 aromatic rings. The Labute approximate surface area is 117 Å². The number of hydrogen-bond acceptors (Lipinski definition) is 4. The molecule has 0 radical (unpaired) electrons. The Morgan fingerprint density at radius 1 is 1.21 bits per heavy atom. The van der Waals surface area contributed by atoms with Crippen LogP contribution in [-0.4, -0.2) is 73.4 Å². The van der Waals surface area contributed by atoms with E-state index in [1.165, 1.54) is 38.9 Å². The van der Waals surface area contributed by atoms with Crippen molar-refractivity contribution in [2.24, 2.45) is 0 Å². The number of nitrogens with one attached hydrogen (secondary N) is 1. The molecule has 3 rings (SSSR count). The molecule has 4 nitrogen and oxygen atoms in total. The van der Waals surface area contributed by atoms with Crippen LogP contribution in [0.15, 0.2) is 0 Å². The topological polar surface area (TPSA) is 27.7 Å². The van der Waals surface area contributed by atoms with Crippen molar-refractivity contribution in [1.82, 2.24) is 15.1 Å². The third-order valence-corrected chi connectivity index (χ3v) is 5.05. The van der Waals surface area contributed by atoms with E-state index in [1.54, 1.807) is 0 Å². The van der Waals surface area contributed by atoms with E-state index in [-0.39, 0.29) is 0 Å². The molecular formula is C15H29N3O. The molecule has 0 aliphatic carbocycles. The normalized spacial score (nSPS) is 37.1. The monoisotopic (exact) mass is 267 g/mol. The van der Waals surface area contributed by atoms with E-state index < -0.39 is 0 Å². The predicted octanol–water partition coefficient (Wildman–Crippen LogP) is 0.922. The van der Waals surface area contributed by atoms with Crippen LogP contribution in [0.4, 0.5) is 0 Å². The van der Waals surface area contributed by atoms with Crippen molar-refractivity contribution in [1.29, 1.82) is 0 Å². The van der Waals surface area contributed by atoms with E-state index >= 15 is 0 Å². The Kier molecular flexibility index (Phi) is 4.42. The fourth-order valence-electron chi connectivity index (χ4n) is 3.73. The number of fused-ring (bicyclic) bond motifs is 1. The molecule has 3 fully saturated rings. The maximum Gasteiger partial charge on any atom is 0.0827 e. The van der Waals surface area contributed by atoms with Crippen LogP contribution in [0.5, 0.6) is 0 Å². The molecule has 0 aromatic heterocycles. The van der Waals surface area contributed by atoms with Crippen molar-refractivity contribution in [3.63, 3.8) is 0 Å². The molecule has 0 bridgehead atoms. The van der Waals surface area contributed by atoms with Gasteiger partial charge < -0.3 is 10.1 Å². The summed E-state index contributed by atoms with van der Waals surface area (Å²) in [5.41, 5.74) is 0. The second kappa shape index (κ2) is 6.08. The summed E-state index contributed by atoms with van der Waals surface area (Å²) >= 11 is 0. The average molecular weight is 267 g/mol. The van der Waals surface area contributed by atoms with E-state index in [0.29, 0.717) is 18.2 Å². The minimum absolute atomic E-state index is 0.405. The van der Waals surface area contributed by atoms with Gasteiger partial charge in [-0.2, -0.15) is 0 Å². The predicted molar refractivity (Wildman–Crippen MR) is 77.5 cm³/mol. The van der Waals surface area contributed by atoms with Crippen molar-refractivity contribution in [3.8, 4) is 0 Å². The van der Waals surface area contributed by atoms with Crippen LogP contribution in [0.3, 0.4) is 0 Å². The molecule has 3 heterocycles. The highest BCUT2D eigenvalue weighted by Gasteiger charge is 2.32. The summed E-state index contributed by atoms with van der Waals surface area (Å²) in [6, 6.07) is 2.07. The number of morpholine rings is 1. The van der Waals surface area contributed by atoms with Crippen LogP contribution in [0, 0.1) is 0 Å². The number of nitrogens with zero attached hydrogens (tertiary/aromatic N) is 2. The number of likely N-dealkylation sites (tertiary alicyclic amines) is 1. The molecule has 3 aliphatic heterocycles. The first-order valence-electron chi connectivity index (χ1n) is 8.05. The van der Waals surface area contributed by atoms with E-state index in [1.807, 2.05) is 0 Å². The fourth-order valence-corrected chi connectivity index (χ4v) is 3.73. The summed E-state index contributed by atoms with van der Waals surface area (Å²) in [7, 11) is 0. The van der Waals surface area contributed by atoms with Gasteiger partial charge in [0.25, 0.3) is 0 Å². The highest BCUT2D eigenvalue weighted by Crippen LogP contribution is 2.22. The second-order valence-electron chi connectivity index (χ2n) is 6.73. The lowest BCUT2D eigenvalue weighted by Crippen LogP contribution is -2.50. The van der Waals surface area contributed by atoms with Gasteiger partial charge in [-0.3, -0.25) is 9.80 Å². The Hall–Kier alpha value is -0.160. The van der Waals surface area contributed by atoms with Crippen LogP contribution in [0.1, 0.15) is 33.1 Å². The van der Waals surface area contributed by atoms with Gasteiger partial charge in [-0.25, -0.2) is 0 Å². The molecule has 0 aromatic carbocycles. The Balaban J connectivity index is 1.38. The molecule has 3 atom stereocenters. The third-order valence-electron chi connectivity index (χ3n) is 5.05. The summed E-state index contributed by atoms with van der Waals surface area (Å²) in [5, 5.41) is 3.72. The van der Waals surface area contributed by atoms with Gasteiger partial charge in [-0.05, 0) is 46.2 Å². The summed E-state index contributed by atoms with van der Waals surface area (Å²) in [4.78, 5) is 5.20. The second-order valence-corrected chi connectivity index (χ2v) is 6.73. The lowest BCUT2D eigenvalue weighted by Gasteiger charge is -2.35. The van der Waals surface area contributed by atoms with Gasteiger partial charge in [0.15, 0.2) is 0 Å². The Bertz CT molecular complexity index is 297. The Morgan fingerprint density at radius 2 is 2.11 bits per heavy atom. The van der Waals surface area contributed by atoms with Gasteiger partial charge in [0.05, 0.1) is 12.7 Å². The maximum absolute atomic E-state index is 6.01. The van der Waals surface area contributed by atoms with Crippen molar-refractivity contribution in [3.05, 3.63) is 0 Å². The van der Waals surface area contributed by atoms with E-state index in [0.717, 1.165) is 25.7 Å². The van der Waals surface area contributed by atoms with Crippen LogP contribution >= 0.6 is 0 Å².